The summed E-state index contributed by atoms with van der Waals surface area (Å²) in [5.74, 6) is 3.80. The zero-order valence-corrected chi connectivity index (χ0v) is 16.6. The molecule has 1 fully saturated rings. The molecule has 0 saturated carbocycles. The van der Waals surface area contributed by atoms with E-state index in [2.05, 4.69) is 16.8 Å². The molecule has 3 rings (SSSR count). The van der Waals surface area contributed by atoms with Gasteiger partial charge < -0.3 is 20.5 Å². The Kier molecular flexibility index (Phi) is 5.32. The number of carbonyl (C=O) groups is 2. The monoisotopic (exact) mass is 384 g/mol. The summed E-state index contributed by atoms with van der Waals surface area (Å²) in [6, 6.07) is 1.14. The minimum Gasteiger partial charge on any atom is -0.367 e. The number of nitrogens with one attached hydrogen (secondary N) is 1. The van der Waals surface area contributed by atoms with Gasteiger partial charge in [0, 0.05) is 37.3 Å². The molecular weight excluding hydrogens is 359 g/mol. The van der Waals surface area contributed by atoms with Crippen LogP contribution in [-0.4, -0.2) is 47.9 Å². The number of halogens is 1. The highest BCUT2D eigenvalue weighted by molar-refractivity contribution is 6.10. The van der Waals surface area contributed by atoms with E-state index in [1.165, 1.54) is 6.07 Å². The first kappa shape index (κ1) is 19.7. The number of hydrogen-bond acceptors (Lipinski definition) is 3. The first-order valence-electron chi connectivity index (χ1n) is 9.31. The fourth-order valence-electron chi connectivity index (χ4n) is 3.94. The molecule has 0 unspecified atom stereocenters. The largest absolute Gasteiger partial charge is 0.367 e. The predicted octanol–water partition coefficient (Wildman–Crippen LogP) is 2.47. The van der Waals surface area contributed by atoms with Gasteiger partial charge in [-0.15, -0.1) is 0 Å². The minimum atomic E-state index is -0.670. The molecule has 6 nitrogen and oxygen atoms in total. The zero-order valence-electron chi connectivity index (χ0n) is 16.6. The lowest BCUT2D eigenvalue weighted by Crippen LogP contribution is -2.48. The first-order valence-corrected chi connectivity index (χ1v) is 9.31. The number of aryl methyl sites for hydroxylation is 2. The van der Waals surface area contributed by atoms with Gasteiger partial charge in [-0.2, -0.15) is 0 Å². The topological polar surface area (TPSA) is 82.4 Å². The Bertz CT molecular complexity index is 1020. The van der Waals surface area contributed by atoms with Gasteiger partial charge in [0.25, 0.3) is 11.8 Å². The molecule has 2 amide bonds. The highest BCUT2D eigenvalue weighted by Crippen LogP contribution is 2.37. The number of hydrogen-bond donors (Lipinski definition) is 2. The van der Waals surface area contributed by atoms with E-state index in [0.717, 1.165) is 24.1 Å². The van der Waals surface area contributed by atoms with Crippen molar-refractivity contribution in [3.63, 3.8) is 0 Å². The van der Waals surface area contributed by atoms with Crippen LogP contribution in [0.15, 0.2) is 6.07 Å². The van der Waals surface area contributed by atoms with Crippen LogP contribution in [0.5, 0.6) is 0 Å². The van der Waals surface area contributed by atoms with Crippen LogP contribution in [-0.2, 0) is 4.79 Å². The first-order chi connectivity index (χ1) is 13.3. The number of fused-ring (bicyclic) bond motifs is 1. The molecule has 1 aliphatic heterocycles. The predicted molar refractivity (Wildman–Crippen MR) is 108 cm³/mol. The highest BCUT2D eigenvalue weighted by Gasteiger charge is 2.30. The van der Waals surface area contributed by atoms with Crippen LogP contribution in [0.1, 0.15) is 41.4 Å². The summed E-state index contributed by atoms with van der Waals surface area (Å²) in [6.45, 7) is 6.58. The molecule has 1 saturated heterocycles. The average molecular weight is 384 g/mol. The standard InChI is InChI=1S/C21H25FN4O2/c1-5-7-17(27)25(4)14-8-6-9-26(11-14)20-16(22)10-15(21(23)28)19-18(20)12(2)13(3)24-19/h10,14,24H,6,8-9,11H2,1-4H3,(H2,23,28)/t14-/m0/s1. The van der Waals surface area contributed by atoms with Gasteiger partial charge in [0.1, 0.15) is 5.82 Å². The third-order valence-electron chi connectivity index (χ3n) is 5.58. The molecule has 3 N–H and O–H groups in total. The molecule has 0 aliphatic carbocycles. The van der Waals surface area contributed by atoms with Gasteiger partial charge in [-0.05, 0) is 51.2 Å². The number of likely N-dealkylation sites (N-methyl/N-ethyl adjacent to an activating group) is 1. The Morgan fingerprint density at radius 3 is 2.75 bits per heavy atom. The van der Waals surface area contributed by atoms with E-state index in [-0.39, 0.29) is 17.5 Å². The molecule has 1 aromatic carbocycles. The van der Waals surface area contributed by atoms with Crippen LogP contribution < -0.4 is 10.6 Å². The number of aromatic nitrogens is 1. The molecule has 0 spiro atoms. The maximum absolute atomic E-state index is 15.2. The lowest BCUT2D eigenvalue weighted by atomic mass is 9.99. The molecule has 0 radical (unpaired) electrons. The summed E-state index contributed by atoms with van der Waals surface area (Å²) in [6.07, 6.45) is 1.65. The number of carbonyl (C=O) groups excluding carboxylic acids is 2. The van der Waals surface area contributed by atoms with Gasteiger partial charge in [0.15, 0.2) is 0 Å². The number of rotatable bonds is 3. The Morgan fingerprint density at radius 2 is 2.11 bits per heavy atom. The van der Waals surface area contributed by atoms with Crippen molar-refractivity contribution >= 4 is 28.4 Å². The molecule has 1 atom stereocenters. The van der Waals surface area contributed by atoms with Crippen molar-refractivity contribution in [2.45, 2.75) is 39.7 Å². The number of piperidine rings is 1. The number of amides is 2. The lowest BCUT2D eigenvalue weighted by molar-refractivity contribution is -0.126. The van der Waals surface area contributed by atoms with Crippen LogP contribution in [0.2, 0.25) is 0 Å². The third-order valence-corrected chi connectivity index (χ3v) is 5.58. The molecule has 1 aromatic heterocycles. The molecule has 2 heterocycles. The van der Waals surface area contributed by atoms with Gasteiger partial charge in [-0.25, -0.2) is 4.39 Å². The second-order valence-corrected chi connectivity index (χ2v) is 7.28. The average Bonchev–Trinajstić information content (AvgIpc) is 2.95. The molecule has 1 aliphatic rings. The second-order valence-electron chi connectivity index (χ2n) is 7.28. The van der Waals surface area contributed by atoms with Crippen molar-refractivity contribution in [3.05, 3.63) is 28.7 Å². The summed E-state index contributed by atoms with van der Waals surface area (Å²) >= 11 is 0. The van der Waals surface area contributed by atoms with Crippen molar-refractivity contribution in [2.24, 2.45) is 5.73 Å². The van der Waals surface area contributed by atoms with Gasteiger partial charge in [0.2, 0.25) is 0 Å². The van der Waals surface area contributed by atoms with Crippen molar-refractivity contribution in [3.8, 4) is 11.8 Å². The quantitative estimate of drug-likeness (QED) is 0.798. The lowest BCUT2D eigenvalue weighted by Gasteiger charge is -2.38. The second kappa shape index (κ2) is 7.55. The van der Waals surface area contributed by atoms with E-state index in [1.54, 1.807) is 18.9 Å². The number of anilines is 1. The van der Waals surface area contributed by atoms with Gasteiger partial charge in [-0.1, -0.05) is 5.92 Å². The smallest absolute Gasteiger partial charge is 0.298 e. The number of H-pyrrole nitrogens is 1. The maximum Gasteiger partial charge on any atom is 0.298 e. The van der Waals surface area contributed by atoms with Crippen LogP contribution in [0, 0.1) is 31.5 Å². The molecule has 2 aromatic rings. The van der Waals surface area contributed by atoms with Gasteiger partial charge in [0.05, 0.1) is 16.8 Å². The van der Waals surface area contributed by atoms with E-state index in [9.17, 15) is 9.59 Å². The normalized spacial score (nSPS) is 16.6. The van der Waals surface area contributed by atoms with Crippen molar-refractivity contribution in [2.75, 3.05) is 25.0 Å². The number of nitrogens with two attached hydrogens (primary N) is 1. The number of benzene rings is 1. The van der Waals surface area contributed by atoms with E-state index in [1.807, 2.05) is 18.7 Å². The molecule has 7 heteroatoms. The maximum atomic E-state index is 15.2. The molecule has 148 valence electrons. The number of nitrogens with zero attached hydrogens (tertiary/aromatic N) is 2. The number of aromatic amines is 1. The Labute approximate surface area is 163 Å². The third kappa shape index (κ3) is 3.31. The zero-order chi connectivity index (χ0) is 20.6. The van der Waals surface area contributed by atoms with Crippen molar-refractivity contribution < 1.29 is 14.0 Å². The highest BCUT2D eigenvalue weighted by atomic mass is 19.1. The SMILES string of the molecule is CC#CC(=O)N(C)[C@H]1CCCN(c2c(F)cc(C(N)=O)c3[nH]c(C)c(C)c23)C1. The van der Waals surface area contributed by atoms with E-state index in [4.69, 9.17) is 5.73 Å². The van der Waals surface area contributed by atoms with Crippen molar-refractivity contribution in [1.29, 1.82) is 0 Å². The fourth-order valence-corrected chi connectivity index (χ4v) is 3.94. The van der Waals surface area contributed by atoms with E-state index >= 15 is 4.39 Å². The van der Waals surface area contributed by atoms with Gasteiger partial charge in [-0.3, -0.25) is 9.59 Å². The van der Waals surface area contributed by atoms with Gasteiger partial charge >= 0.3 is 0 Å². The minimum absolute atomic E-state index is 0.0623. The Balaban J connectivity index is 2.07. The molecule has 0 bridgehead atoms. The Hall–Kier alpha value is -3.01. The van der Waals surface area contributed by atoms with E-state index < -0.39 is 11.7 Å². The van der Waals surface area contributed by atoms with Crippen LogP contribution in [0.25, 0.3) is 10.9 Å². The summed E-state index contributed by atoms with van der Waals surface area (Å²) in [5, 5.41) is 0.675. The summed E-state index contributed by atoms with van der Waals surface area (Å²) in [5.41, 5.74) is 8.37. The molecule has 28 heavy (non-hydrogen) atoms. The van der Waals surface area contributed by atoms with E-state index in [0.29, 0.717) is 29.7 Å². The number of primary amides is 1. The van der Waals surface area contributed by atoms with Crippen LogP contribution in [0.3, 0.4) is 0 Å². The van der Waals surface area contributed by atoms with Crippen LogP contribution in [0.4, 0.5) is 10.1 Å². The molecular formula is C21H25FN4O2. The van der Waals surface area contributed by atoms with Crippen molar-refractivity contribution in [1.82, 2.24) is 9.88 Å². The summed E-state index contributed by atoms with van der Waals surface area (Å²) in [7, 11) is 1.73. The van der Waals surface area contributed by atoms with Crippen LogP contribution >= 0.6 is 0 Å². The summed E-state index contributed by atoms with van der Waals surface area (Å²) < 4.78 is 15.2. The summed E-state index contributed by atoms with van der Waals surface area (Å²) in [4.78, 5) is 30.7. The Morgan fingerprint density at radius 1 is 1.39 bits per heavy atom. The fraction of sp³-hybridized carbons (Fsp3) is 0.429.